The molecule has 0 aromatic carbocycles. The van der Waals surface area contributed by atoms with Crippen LogP contribution in [0.4, 0.5) is 0 Å². The van der Waals surface area contributed by atoms with Gasteiger partial charge in [-0.05, 0) is 46.9 Å². The van der Waals surface area contributed by atoms with E-state index in [1.807, 2.05) is 11.3 Å². The average Bonchev–Trinajstić information content (AvgIpc) is 2.64. The second kappa shape index (κ2) is 6.88. The van der Waals surface area contributed by atoms with Crippen molar-refractivity contribution in [1.29, 1.82) is 0 Å². The molecular formula is C13H23BrN2S. The molecule has 0 aliphatic heterocycles. The third-order valence-corrected chi connectivity index (χ3v) is 4.43. The molecule has 0 fully saturated rings. The van der Waals surface area contributed by atoms with Gasteiger partial charge < -0.3 is 5.73 Å². The molecule has 4 heteroatoms. The Bertz CT molecular complexity index is 336. The summed E-state index contributed by atoms with van der Waals surface area (Å²) < 4.78 is 1.19. The van der Waals surface area contributed by atoms with Crippen LogP contribution in [0.25, 0.3) is 0 Å². The molecule has 0 bridgehead atoms. The Hall–Kier alpha value is 0.1000. The molecule has 1 aromatic heterocycles. The highest BCUT2D eigenvalue weighted by atomic mass is 79.9. The molecule has 2 nitrogen and oxygen atoms in total. The van der Waals surface area contributed by atoms with E-state index < -0.39 is 0 Å². The molecule has 17 heavy (non-hydrogen) atoms. The topological polar surface area (TPSA) is 29.3 Å². The minimum absolute atomic E-state index is 0.198. The predicted octanol–water partition coefficient (Wildman–Crippen LogP) is 3.71. The molecule has 0 saturated heterocycles. The molecule has 1 rings (SSSR count). The lowest BCUT2D eigenvalue weighted by atomic mass is 9.93. The van der Waals surface area contributed by atoms with Crippen LogP contribution < -0.4 is 5.73 Å². The van der Waals surface area contributed by atoms with Gasteiger partial charge in [0.2, 0.25) is 0 Å². The predicted molar refractivity (Wildman–Crippen MR) is 80.4 cm³/mol. The zero-order chi connectivity index (χ0) is 12.9. The number of nitrogens with two attached hydrogens (primary N) is 1. The molecule has 98 valence electrons. The number of hydrogen-bond donors (Lipinski definition) is 1. The first-order valence-electron chi connectivity index (χ1n) is 6.12. The Morgan fingerprint density at radius 2 is 2.18 bits per heavy atom. The summed E-state index contributed by atoms with van der Waals surface area (Å²) in [6, 6.07) is 2.21. The molecule has 1 heterocycles. The maximum atomic E-state index is 5.82. The van der Waals surface area contributed by atoms with Crippen LogP contribution in [0.15, 0.2) is 15.9 Å². The molecule has 0 unspecified atom stereocenters. The van der Waals surface area contributed by atoms with Crippen molar-refractivity contribution in [3.05, 3.63) is 20.8 Å². The summed E-state index contributed by atoms with van der Waals surface area (Å²) in [5, 5.41) is 2.15. The third-order valence-electron chi connectivity index (χ3n) is 2.75. The van der Waals surface area contributed by atoms with Gasteiger partial charge in [-0.25, -0.2) is 0 Å². The quantitative estimate of drug-likeness (QED) is 0.830. The zero-order valence-electron chi connectivity index (χ0n) is 11.0. The van der Waals surface area contributed by atoms with E-state index in [2.05, 4.69) is 53.0 Å². The van der Waals surface area contributed by atoms with Gasteiger partial charge >= 0.3 is 0 Å². The SMILES string of the molecule is CCCN(Cc1cc(Br)cs1)CC(C)(C)CN. The van der Waals surface area contributed by atoms with E-state index in [0.717, 1.165) is 26.2 Å². The summed E-state index contributed by atoms with van der Waals surface area (Å²) in [7, 11) is 0. The van der Waals surface area contributed by atoms with Gasteiger partial charge in [0.15, 0.2) is 0 Å². The molecule has 0 aliphatic rings. The summed E-state index contributed by atoms with van der Waals surface area (Å²) in [4.78, 5) is 3.92. The van der Waals surface area contributed by atoms with Crippen molar-refractivity contribution in [2.45, 2.75) is 33.7 Å². The largest absolute Gasteiger partial charge is 0.330 e. The maximum absolute atomic E-state index is 5.82. The van der Waals surface area contributed by atoms with Gasteiger partial charge in [0.1, 0.15) is 0 Å². The summed E-state index contributed by atoms with van der Waals surface area (Å²) in [5.41, 5.74) is 6.01. The van der Waals surface area contributed by atoms with Crippen LogP contribution in [-0.4, -0.2) is 24.5 Å². The van der Waals surface area contributed by atoms with Crippen LogP contribution in [0, 0.1) is 5.41 Å². The summed E-state index contributed by atoms with van der Waals surface area (Å²) >= 11 is 5.33. The lowest BCUT2D eigenvalue weighted by molar-refractivity contribution is 0.177. The average molecular weight is 319 g/mol. The number of thiophene rings is 1. The summed E-state index contributed by atoms with van der Waals surface area (Å²) in [5.74, 6) is 0. The van der Waals surface area contributed by atoms with Crippen LogP contribution in [0.2, 0.25) is 0 Å². The Morgan fingerprint density at radius 3 is 2.65 bits per heavy atom. The molecule has 0 spiro atoms. The normalized spacial score (nSPS) is 12.4. The molecule has 0 atom stereocenters. The van der Waals surface area contributed by atoms with Gasteiger partial charge in [-0.3, -0.25) is 4.90 Å². The van der Waals surface area contributed by atoms with Crippen LogP contribution in [0.1, 0.15) is 32.1 Å². The second-order valence-corrected chi connectivity index (χ2v) is 7.22. The number of halogens is 1. The van der Waals surface area contributed by atoms with Crippen molar-refractivity contribution < 1.29 is 0 Å². The van der Waals surface area contributed by atoms with E-state index in [4.69, 9.17) is 5.73 Å². The zero-order valence-corrected chi connectivity index (χ0v) is 13.4. The minimum Gasteiger partial charge on any atom is -0.330 e. The second-order valence-electron chi connectivity index (χ2n) is 5.31. The van der Waals surface area contributed by atoms with E-state index in [1.54, 1.807) is 0 Å². The molecule has 0 aliphatic carbocycles. The first kappa shape index (κ1) is 15.2. The lowest BCUT2D eigenvalue weighted by Crippen LogP contribution is -2.38. The van der Waals surface area contributed by atoms with Crippen molar-refractivity contribution in [3.63, 3.8) is 0 Å². The van der Waals surface area contributed by atoms with E-state index in [-0.39, 0.29) is 5.41 Å². The van der Waals surface area contributed by atoms with Crippen molar-refractivity contribution >= 4 is 27.3 Å². The fourth-order valence-corrected chi connectivity index (χ4v) is 3.35. The number of rotatable bonds is 7. The van der Waals surface area contributed by atoms with E-state index in [9.17, 15) is 0 Å². The van der Waals surface area contributed by atoms with E-state index >= 15 is 0 Å². The highest BCUT2D eigenvalue weighted by Gasteiger charge is 2.20. The highest BCUT2D eigenvalue weighted by molar-refractivity contribution is 9.10. The van der Waals surface area contributed by atoms with Crippen molar-refractivity contribution in [1.82, 2.24) is 4.90 Å². The molecule has 0 radical (unpaired) electrons. The highest BCUT2D eigenvalue weighted by Crippen LogP contribution is 2.23. The van der Waals surface area contributed by atoms with Gasteiger partial charge in [-0.15, -0.1) is 11.3 Å². The summed E-state index contributed by atoms with van der Waals surface area (Å²) in [6.07, 6.45) is 1.19. The Morgan fingerprint density at radius 1 is 1.47 bits per heavy atom. The van der Waals surface area contributed by atoms with Gasteiger partial charge in [0.25, 0.3) is 0 Å². The van der Waals surface area contributed by atoms with Gasteiger partial charge in [-0.1, -0.05) is 20.8 Å². The maximum Gasteiger partial charge on any atom is 0.0328 e. The van der Waals surface area contributed by atoms with Gasteiger partial charge in [0, 0.05) is 27.8 Å². The molecular weight excluding hydrogens is 296 g/mol. The molecule has 0 amide bonds. The lowest BCUT2D eigenvalue weighted by Gasteiger charge is -2.31. The first-order valence-corrected chi connectivity index (χ1v) is 7.79. The van der Waals surface area contributed by atoms with Crippen LogP contribution >= 0.6 is 27.3 Å². The Kier molecular flexibility index (Phi) is 6.13. The first-order chi connectivity index (χ1) is 7.96. The third kappa shape index (κ3) is 5.51. The Labute approximate surface area is 117 Å². The fraction of sp³-hybridized carbons (Fsp3) is 0.692. The van der Waals surface area contributed by atoms with Gasteiger partial charge in [-0.2, -0.15) is 0 Å². The van der Waals surface area contributed by atoms with Crippen molar-refractivity contribution in [3.8, 4) is 0 Å². The fourth-order valence-electron chi connectivity index (χ4n) is 1.86. The van der Waals surface area contributed by atoms with E-state index in [1.165, 1.54) is 15.8 Å². The number of hydrogen-bond acceptors (Lipinski definition) is 3. The smallest absolute Gasteiger partial charge is 0.0328 e. The minimum atomic E-state index is 0.198. The molecule has 1 aromatic rings. The molecule has 0 saturated carbocycles. The van der Waals surface area contributed by atoms with Crippen molar-refractivity contribution in [2.75, 3.05) is 19.6 Å². The van der Waals surface area contributed by atoms with Crippen LogP contribution in [0.5, 0.6) is 0 Å². The van der Waals surface area contributed by atoms with E-state index in [0.29, 0.717) is 0 Å². The van der Waals surface area contributed by atoms with Crippen LogP contribution in [-0.2, 0) is 6.54 Å². The molecule has 2 N–H and O–H groups in total. The van der Waals surface area contributed by atoms with Crippen molar-refractivity contribution in [2.24, 2.45) is 11.1 Å². The standard InChI is InChI=1S/C13H23BrN2S/c1-4-5-16(10-13(2,3)9-15)7-12-6-11(14)8-17-12/h6,8H,4-5,7,9-10,15H2,1-3H3. The summed E-state index contributed by atoms with van der Waals surface area (Å²) in [6.45, 7) is 10.7. The van der Waals surface area contributed by atoms with Crippen LogP contribution in [0.3, 0.4) is 0 Å². The number of nitrogens with zero attached hydrogens (tertiary/aromatic N) is 1. The Balaban J connectivity index is 2.60. The van der Waals surface area contributed by atoms with Gasteiger partial charge in [0.05, 0.1) is 0 Å². The monoisotopic (exact) mass is 318 g/mol.